The van der Waals surface area contributed by atoms with E-state index in [1.165, 1.54) is 6.42 Å². The number of benzene rings is 1. The standard InChI is InChI=1S/C23H26N6O/c1-15-12-23(13-30-15)5-8-28(9-6-23)22-27-16(2)20(21-24-7-10-29(21)22)17-3-4-18-19(11-17)26-14-25-18/h3-4,7,10-11,14-15H,5-6,8-9,12-13H2,1-2H3,(H,25,26)/t15-/m0/s1. The second-order valence-corrected chi connectivity index (χ2v) is 8.94. The van der Waals surface area contributed by atoms with Gasteiger partial charge in [-0.2, -0.15) is 0 Å². The van der Waals surface area contributed by atoms with Gasteiger partial charge >= 0.3 is 0 Å². The van der Waals surface area contributed by atoms with Gasteiger partial charge in [-0.1, -0.05) is 6.07 Å². The van der Waals surface area contributed by atoms with Gasteiger partial charge in [0.25, 0.3) is 0 Å². The molecule has 1 N–H and O–H groups in total. The molecule has 154 valence electrons. The Balaban J connectivity index is 1.38. The highest BCUT2D eigenvalue weighted by molar-refractivity contribution is 5.87. The molecule has 6 rings (SSSR count). The number of hydrogen-bond acceptors (Lipinski definition) is 5. The number of piperidine rings is 1. The third kappa shape index (κ3) is 2.72. The predicted octanol–water partition coefficient (Wildman–Crippen LogP) is 3.98. The normalized spacial score (nSPS) is 21.3. The molecule has 7 heteroatoms. The van der Waals surface area contributed by atoms with Crippen molar-refractivity contribution in [1.82, 2.24) is 24.3 Å². The van der Waals surface area contributed by atoms with Crippen molar-refractivity contribution in [1.29, 1.82) is 0 Å². The number of nitrogens with zero attached hydrogens (tertiary/aromatic N) is 5. The molecule has 0 radical (unpaired) electrons. The molecule has 0 unspecified atom stereocenters. The number of hydrogen-bond donors (Lipinski definition) is 1. The summed E-state index contributed by atoms with van der Waals surface area (Å²) < 4.78 is 8.04. The maximum Gasteiger partial charge on any atom is 0.211 e. The number of ether oxygens (including phenoxy) is 1. The molecule has 0 bridgehead atoms. The minimum absolute atomic E-state index is 0.360. The average Bonchev–Trinajstić information content (AvgIpc) is 3.48. The zero-order valence-electron chi connectivity index (χ0n) is 17.4. The van der Waals surface area contributed by atoms with Gasteiger partial charge in [0, 0.05) is 31.0 Å². The Morgan fingerprint density at radius 2 is 2.07 bits per heavy atom. The van der Waals surface area contributed by atoms with Crippen molar-refractivity contribution in [3.05, 3.63) is 42.6 Å². The number of nitrogens with one attached hydrogen (secondary N) is 1. The first-order valence-corrected chi connectivity index (χ1v) is 10.8. The highest BCUT2D eigenvalue weighted by Gasteiger charge is 2.41. The summed E-state index contributed by atoms with van der Waals surface area (Å²) in [7, 11) is 0. The summed E-state index contributed by atoms with van der Waals surface area (Å²) in [4.78, 5) is 19.7. The maximum absolute atomic E-state index is 5.90. The summed E-state index contributed by atoms with van der Waals surface area (Å²) in [5.74, 6) is 0.994. The van der Waals surface area contributed by atoms with Crippen LogP contribution < -0.4 is 4.90 Å². The quantitative estimate of drug-likeness (QED) is 0.549. The summed E-state index contributed by atoms with van der Waals surface area (Å²) >= 11 is 0. The van der Waals surface area contributed by atoms with Crippen LogP contribution in [0.4, 0.5) is 5.95 Å². The summed E-state index contributed by atoms with van der Waals surface area (Å²) in [6.45, 7) is 7.21. The van der Waals surface area contributed by atoms with Crippen molar-refractivity contribution in [2.75, 3.05) is 24.6 Å². The number of fused-ring (bicyclic) bond motifs is 2. The van der Waals surface area contributed by atoms with E-state index in [4.69, 9.17) is 14.7 Å². The molecular weight excluding hydrogens is 376 g/mol. The van der Waals surface area contributed by atoms with Gasteiger partial charge < -0.3 is 14.6 Å². The highest BCUT2D eigenvalue weighted by atomic mass is 16.5. The van der Waals surface area contributed by atoms with E-state index >= 15 is 0 Å². The number of aromatic amines is 1. The van der Waals surface area contributed by atoms with Crippen molar-refractivity contribution < 1.29 is 4.74 Å². The first kappa shape index (κ1) is 17.9. The van der Waals surface area contributed by atoms with E-state index in [0.717, 1.165) is 72.0 Å². The van der Waals surface area contributed by atoms with Gasteiger partial charge in [-0.25, -0.2) is 15.0 Å². The molecule has 5 heterocycles. The number of H-pyrrole nitrogens is 1. The lowest BCUT2D eigenvalue weighted by Gasteiger charge is -2.39. The Kier molecular flexibility index (Phi) is 3.90. The second kappa shape index (κ2) is 6.54. The van der Waals surface area contributed by atoms with Crippen LogP contribution >= 0.6 is 0 Å². The largest absolute Gasteiger partial charge is 0.378 e. The van der Waals surface area contributed by atoms with E-state index in [-0.39, 0.29) is 0 Å². The fourth-order valence-electron chi connectivity index (χ4n) is 5.30. The first-order valence-electron chi connectivity index (χ1n) is 10.8. The fraction of sp³-hybridized carbons (Fsp3) is 0.435. The molecule has 2 saturated heterocycles. The third-order valence-corrected chi connectivity index (χ3v) is 6.92. The van der Waals surface area contributed by atoms with Crippen LogP contribution in [0.2, 0.25) is 0 Å². The Morgan fingerprint density at radius 3 is 2.87 bits per heavy atom. The number of aryl methyl sites for hydroxylation is 1. The van der Waals surface area contributed by atoms with Gasteiger partial charge in [0.2, 0.25) is 5.95 Å². The Labute approximate surface area is 175 Å². The van der Waals surface area contributed by atoms with E-state index in [0.29, 0.717) is 11.5 Å². The molecular formula is C23H26N6O. The minimum atomic E-state index is 0.360. The van der Waals surface area contributed by atoms with Crippen LogP contribution in [-0.4, -0.2) is 50.1 Å². The maximum atomic E-state index is 5.90. The molecule has 0 aliphatic carbocycles. The van der Waals surface area contributed by atoms with Gasteiger partial charge in [0.1, 0.15) is 5.65 Å². The van der Waals surface area contributed by atoms with E-state index in [9.17, 15) is 0 Å². The minimum Gasteiger partial charge on any atom is -0.378 e. The Hall–Kier alpha value is -2.93. The number of rotatable bonds is 2. The van der Waals surface area contributed by atoms with Crippen molar-refractivity contribution in [2.24, 2.45) is 5.41 Å². The Morgan fingerprint density at radius 1 is 1.20 bits per heavy atom. The molecule has 1 aromatic carbocycles. The zero-order chi connectivity index (χ0) is 20.3. The van der Waals surface area contributed by atoms with Crippen molar-refractivity contribution in [3.8, 4) is 11.1 Å². The monoisotopic (exact) mass is 402 g/mol. The van der Waals surface area contributed by atoms with Crippen molar-refractivity contribution in [2.45, 2.75) is 39.2 Å². The smallest absolute Gasteiger partial charge is 0.211 e. The van der Waals surface area contributed by atoms with Gasteiger partial charge in [0.05, 0.1) is 35.8 Å². The molecule has 4 aromatic rings. The van der Waals surface area contributed by atoms with Crippen molar-refractivity contribution >= 4 is 22.6 Å². The first-order chi connectivity index (χ1) is 14.6. The van der Waals surface area contributed by atoms with Crippen LogP contribution in [-0.2, 0) is 4.74 Å². The molecule has 7 nitrogen and oxygen atoms in total. The molecule has 1 atom stereocenters. The number of anilines is 1. The topological polar surface area (TPSA) is 71.3 Å². The number of aromatic nitrogens is 5. The van der Waals surface area contributed by atoms with Gasteiger partial charge in [-0.3, -0.25) is 4.40 Å². The molecule has 0 saturated carbocycles. The van der Waals surface area contributed by atoms with Crippen LogP contribution in [0.5, 0.6) is 0 Å². The number of imidazole rings is 2. The summed E-state index contributed by atoms with van der Waals surface area (Å²) in [5, 5.41) is 0. The van der Waals surface area contributed by atoms with E-state index in [1.54, 1.807) is 6.33 Å². The molecule has 1 spiro atoms. The zero-order valence-corrected chi connectivity index (χ0v) is 17.4. The van der Waals surface area contributed by atoms with E-state index < -0.39 is 0 Å². The lowest BCUT2D eigenvalue weighted by molar-refractivity contribution is 0.0975. The molecule has 2 aliphatic heterocycles. The van der Waals surface area contributed by atoms with Crippen LogP contribution in [0.15, 0.2) is 36.9 Å². The molecule has 30 heavy (non-hydrogen) atoms. The van der Waals surface area contributed by atoms with Gasteiger partial charge in [-0.05, 0) is 56.2 Å². The molecule has 3 aromatic heterocycles. The summed E-state index contributed by atoms with van der Waals surface area (Å²) in [6, 6.07) is 6.28. The molecule has 2 fully saturated rings. The summed E-state index contributed by atoms with van der Waals surface area (Å²) in [6.07, 6.45) is 9.52. The van der Waals surface area contributed by atoms with Crippen LogP contribution in [0.1, 0.15) is 31.9 Å². The second-order valence-electron chi connectivity index (χ2n) is 8.94. The lowest BCUT2D eigenvalue weighted by atomic mass is 9.77. The fourth-order valence-corrected chi connectivity index (χ4v) is 5.30. The Bertz CT molecular complexity index is 1230. The van der Waals surface area contributed by atoms with Crippen LogP contribution in [0, 0.1) is 12.3 Å². The van der Waals surface area contributed by atoms with E-state index in [2.05, 4.69) is 45.2 Å². The summed E-state index contributed by atoms with van der Waals surface area (Å²) in [5.41, 5.74) is 6.48. The van der Waals surface area contributed by atoms with Gasteiger partial charge in [-0.15, -0.1) is 0 Å². The third-order valence-electron chi connectivity index (χ3n) is 6.92. The molecule has 2 aliphatic rings. The molecule has 0 amide bonds. The van der Waals surface area contributed by atoms with Crippen LogP contribution in [0.25, 0.3) is 27.8 Å². The van der Waals surface area contributed by atoms with E-state index in [1.807, 2.05) is 18.5 Å². The average molecular weight is 403 g/mol. The SMILES string of the molecule is Cc1nc(N2CCC3(CC2)CO[C@@H](C)C3)n2ccnc2c1-c1ccc2nc[nH]c2c1. The van der Waals surface area contributed by atoms with Crippen LogP contribution in [0.3, 0.4) is 0 Å². The predicted molar refractivity (Wildman–Crippen MR) is 117 cm³/mol. The highest BCUT2D eigenvalue weighted by Crippen LogP contribution is 2.42. The van der Waals surface area contributed by atoms with Gasteiger partial charge in [0.15, 0.2) is 0 Å². The lowest BCUT2D eigenvalue weighted by Crippen LogP contribution is -2.41. The van der Waals surface area contributed by atoms with Crippen molar-refractivity contribution in [3.63, 3.8) is 0 Å².